The topological polar surface area (TPSA) is 30.8 Å². The monoisotopic (exact) mass is 583 g/mol. The number of ether oxygens (including phenoxy) is 1. The van der Waals surface area contributed by atoms with E-state index < -0.39 is 8.32 Å². The Labute approximate surface area is 247 Å². The largest absolute Gasteiger partial charge is 2.00 e. The van der Waals surface area contributed by atoms with Gasteiger partial charge in [-0.05, 0) is 87.2 Å². The molecule has 2 aromatic rings. The summed E-state index contributed by atoms with van der Waals surface area (Å²) in [6, 6.07) is 20.8. The fourth-order valence-electron chi connectivity index (χ4n) is 3.80. The van der Waals surface area contributed by atoms with Gasteiger partial charge in [0.2, 0.25) is 0 Å². The van der Waals surface area contributed by atoms with E-state index in [9.17, 15) is 0 Å². The zero-order chi connectivity index (χ0) is 26.3. The number of aliphatic imine (C=N–C) groups is 1. The minimum Gasteiger partial charge on any atom is -0.478 e. The first-order valence-electron chi connectivity index (χ1n) is 12.8. The molecule has 3 nitrogen and oxygen atoms in total. The smallest absolute Gasteiger partial charge is 0.478 e. The summed E-state index contributed by atoms with van der Waals surface area (Å²) >= 11 is 1.74. The van der Waals surface area contributed by atoms with Gasteiger partial charge in [-0.2, -0.15) is 0 Å². The van der Waals surface area contributed by atoms with Crippen molar-refractivity contribution in [3.63, 3.8) is 0 Å². The molecule has 2 atom stereocenters. The number of hydrogen-bond donors (Lipinski definition) is 0. The third-order valence-electron chi connectivity index (χ3n) is 6.91. The van der Waals surface area contributed by atoms with Crippen molar-refractivity contribution in [3.8, 4) is 0 Å². The molecule has 1 heterocycles. The van der Waals surface area contributed by atoms with Crippen molar-refractivity contribution >= 4 is 26.0 Å². The summed E-state index contributed by atoms with van der Waals surface area (Å²) in [6.45, 7) is 12.0. The van der Waals surface area contributed by atoms with Crippen molar-refractivity contribution < 1.29 is 26.2 Å². The molecule has 1 aliphatic heterocycles. The van der Waals surface area contributed by atoms with Crippen LogP contribution in [0.15, 0.2) is 70.6 Å². The Morgan fingerprint density at radius 3 is 2.03 bits per heavy atom. The van der Waals surface area contributed by atoms with Crippen molar-refractivity contribution in [3.05, 3.63) is 129 Å². The Hall–Kier alpha value is -1.04. The van der Waals surface area contributed by atoms with Gasteiger partial charge in [0.1, 0.15) is 12.6 Å². The number of nitrogens with zero attached hydrogens (tertiary/aromatic N) is 1. The molecule has 0 saturated heterocycles. The van der Waals surface area contributed by atoms with Gasteiger partial charge >= 0.3 is 17.1 Å². The van der Waals surface area contributed by atoms with E-state index in [-0.39, 0.29) is 34.3 Å². The van der Waals surface area contributed by atoms with Crippen LogP contribution in [-0.2, 0) is 26.2 Å². The molecule has 0 bridgehead atoms. The maximum atomic E-state index is 6.91. The summed E-state index contributed by atoms with van der Waals surface area (Å²) in [4.78, 5) is 6.26. The van der Waals surface area contributed by atoms with Crippen LogP contribution >= 0.6 is 11.8 Å². The first-order valence-corrected chi connectivity index (χ1v) is 16.6. The predicted molar refractivity (Wildman–Crippen MR) is 158 cm³/mol. The van der Waals surface area contributed by atoms with E-state index in [0.29, 0.717) is 6.61 Å². The Balaban J connectivity index is 0.000000598. The van der Waals surface area contributed by atoms with Crippen molar-refractivity contribution in [2.75, 3.05) is 6.61 Å². The van der Waals surface area contributed by atoms with Crippen LogP contribution in [0.2, 0.25) is 18.1 Å². The molecule has 10 radical (unpaired) electrons. The quantitative estimate of drug-likeness (QED) is 0.309. The van der Waals surface area contributed by atoms with Crippen molar-refractivity contribution in [2.24, 2.45) is 4.99 Å². The average molecular weight is 584 g/mol. The fourth-order valence-corrected chi connectivity index (χ4v) is 6.04. The second-order valence-electron chi connectivity index (χ2n) is 10.7. The van der Waals surface area contributed by atoms with Gasteiger partial charge in [0.15, 0.2) is 14.2 Å². The van der Waals surface area contributed by atoms with E-state index in [0.717, 1.165) is 22.6 Å². The normalized spacial score (nSPS) is 21.2. The summed E-state index contributed by atoms with van der Waals surface area (Å²) in [7, 11) is -2.00. The van der Waals surface area contributed by atoms with Crippen LogP contribution in [0.4, 0.5) is 0 Å². The van der Waals surface area contributed by atoms with E-state index in [1.54, 1.807) is 11.8 Å². The van der Waals surface area contributed by atoms with E-state index in [4.69, 9.17) is 14.2 Å². The molecule has 0 spiro atoms. The summed E-state index contributed by atoms with van der Waals surface area (Å²) in [6.07, 6.45) is 16.2. The fraction of sp³-hybridized carbons (Fsp3) is 0.281. The standard InChI is InChI=1S/C27H32NO2SSi.C5H5.Fe/c1-27(2,3)32(4,5)30-25(20-13-8-6-9-14-20)23-19-29-26(28-23)22-17-12-18-24(22)31-21-15-10-7-11-16-21;1-2-4-5-3-1;/h6-18,23,25H,19H2,1-5H3;1-5H;/q;;+2/t23-,25-;;/m0../s1. The van der Waals surface area contributed by atoms with Gasteiger partial charge in [0, 0.05) is 4.90 Å². The van der Waals surface area contributed by atoms with E-state index in [1.165, 1.54) is 4.90 Å². The molecule has 2 saturated carbocycles. The predicted octanol–water partition coefficient (Wildman–Crippen LogP) is 8.09. The van der Waals surface area contributed by atoms with Gasteiger partial charge in [-0.1, -0.05) is 69.3 Å². The van der Waals surface area contributed by atoms with Crippen LogP contribution in [-0.4, -0.2) is 26.9 Å². The minimum atomic E-state index is -2.00. The summed E-state index contributed by atoms with van der Waals surface area (Å²) < 4.78 is 13.1. The van der Waals surface area contributed by atoms with Crippen LogP contribution in [0.1, 0.15) is 32.4 Å². The number of thioether (sulfide) groups is 1. The molecule has 0 N–H and O–H groups in total. The van der Waals surface area contributed by atoms with Gasteiger partial charge in [-0.15, -0.1) is 11.8 Å². The van der Waals surface area contributed by atoms with Gasteiger partial charge < -0.3 is 9.16 Å². The Morgan fingerprint density at radius 2 is 1.45 bits per heavy atom. The van der Waals surface area contributed by atoms with Crippen LogP contribution in [0.3, 0.4) is 0 Å². The number of rotatable bonds is 7. The second-order valence-corrected chi connectivity index (χ2v) is 16.6. The molecule has 0 amide bonds. The summed E-state index contributed by atoms with van der Waals surface area (Å²) in [5, 5.41) is 1.29. The molecule has 6 heteroatoms. The minimum absolute atomic E-state index is 0. The maximum absolute atomic E-state index is 6.91. The van der Waals surface area contributed by atoms with Gasteiger partial charge in [-0.25, -0.2) is 4.99 Å². The maximum Gasteiger partial charge on any atom is 2.00 e. The molecule has 38 heavy (non-hydrogen) atoms. The second kappa shape index (κ2) is 14.5. The number of hydrogen-bond acceptors (Lipinski definition) is 4. The van der Waals surface area contributed by atoms with Crippen LogP contribution in [0.5, 0.6) is 0 Å². The van der Waals surface area contributed by atoms with E-state index >= 15 is 0 Å². The average Bonchev–Trinajstić information content (AvgIpc) is 3.67. The summed E-state index contributed by atoms with van der Waals surface area (Å²) in [5.41, 5.74) is 1.16. The van der Waals surface area contributed by atoms with Gasteiger partial charge in [0.25, 0.3) is 0 Å². The van der Waals surface area contributed by atoms with Gasteiger partial charge in [-0.3, -0.25) is 0 Å². The SMILES string of the molecule is CC(C)(C)[Si](C)(C)O[C@@H](c1ccccc1)[C@@H]1COC([C]2[CH][CH][CH][C]2Sc2ccccc2)=N1.[CH]1[CH][CH][CH][CH]1.[Fe+2]. The molecule has 2 fully saturated rings. The molecular formula is C32H37FeNO2SSi+2. The van der Waals surface area contributed by atoms with Gasteiger partial charge in [0.05, 0.1) is 17.3 Å². The molecule has 2 aromatic carbocycles. The van der Waals surface area contributed by atoms with Crippen molar-refractivity contribution in [1.29, 1.82) is 0 Å². The molecular weight excluding hydrogens is 546 g/mol. The van der Waals surface area contributed by atoms with Crippen LogP contribution < -0.4 is 0 Å². The molecule has 198 valence electrons. The molecule has 2 aliphatic carbocycles. The zero-order valence-electron chi connectivity index (χ0n) is 22.8. The molecule has 3 aliphatic rings. The zero-order valence-corrected chi connectivity index (χ0v) is 25.7. The van der Waals surface area contributed by atoms with Crippen LogP contribution in [0, 0.1) is 62.5 Å². The Morgan fingerprint density at radius 1 is 0.868 bits per heavy atom. The van der Waals surface area contributed by atoms with Crippen molar-refractivity contribution in [1.82, 2.24) is 0 Å². The molecule has 0 unspecified atom stereocenters. The number of benzene rings is 2. The Bertz CT molecular complexity index is 984. The molecule has 0 aromatic heterocycles. The molecule has 5 rings (SSSR count). The summed E-state index contributed by atoms with van der Waals surface area (Å²) in [5.74, 6) is 1.78. The first-order chi connectivity index (χ1) is 17.7. The van der Waals surface area contributed by atoms with E-state index in [1.807, 2.05) is 44.2 Å². The first kappa shape index (κ1) is 31.5. The van der Waals surface area contributed by atoms with E-state index in [2.05, 4.69) is 102 Å². The van der Waals surface area contributed by atoms with Crippen LogP contribution in [0.25, 0.3) is 0 Å². The third kappa shape index (κ3) is 8.48. The third-order valence-corrected chi connectivity index (χ3v) is 12.5. The Kier molecular flexibility index (Phi) is 12.1. The van der Waals surface area contributed by atoms with Crippen molar-refractivity contribution in [2.45, 2.75) is 55.9 Å².